The van der Waals surface area contributed by atoms with Crippen LogP contribution in [0.5, 0.6) is 5.75 Å². The van der Waals surface area contributed by atoms with Gasteiger partial charge in [0.1, 0.15) is 5.75 Å². The van der Waals surface area contributed by atoms with E-state index >= 15 is 0 Å². The number of piperidine rings is 1. The molecule has 0 radical (unpaired) electrons. The van der Waals surface area contributed by atoms with Gasteiger partial charge in [-0.25, -0.2) is 0 Å². The number of carbonyl (C=O) groups excluding carboxylic acids is 1. The van der Waals surface area contributed by atoms with Crippen molar-refractivity contribution in [3.8, 4) is 5.75 Å². The number of nitrogens with zero attached hydrogens (tertiary/aromatic N) is 1. The van der Waals surface area contributed by atoms with Crippen LogP contribution in [0.1, 0.15) is 23.2 Å². The van der Waals surface area contributed by atoms with Crippen LogP contribution in [0.25, 0.3) is 0 Å². The zero-order valence-electron chi connectivity index (χ0n) is 10.9. The smallest absolute Gasteiger partial charge is 0.387 e. The SMILES string of the molecule is O=C(c1ccc(OC(F)F)cc1)N1CCC(CCl)CC1. The second-order valence-corrected chi connectivity index (χ2v) is 5.10. The van der Waals surface area contributed by atoms with E-state index in [2.05, 4.69) is 4.74 Å². The lowest BCUT2D eigenvalue weighted by atomic mass is 9.98. The van der Waals surface area contributed by atoms with Crippen molar-refractivity contribution in [3.63, 3.8) is 0 Å². The molecule has 0 aromatic heterocycles. The van der Waals surface area contributed by atoms with Crippen LogP contribution in [-0.2, 0) is 0 Å². The van der Waals surface area contributed by atoms with Gasteiger partial charge < -0.3 is 9.64 Å². The summed E-state index contributed by atoms with van der Waals surface area (Å²) in [6.07, 6.45) is 1.81. The van der Waals surface area contributed by atoms with Crippen molar-refractivity contribution in [1.29, 1.82) is 0 Å². The summed E-state index contributed by atoms with van der Waals surface area (Å²) in [6, 6.07) is 5.77. The summed E-state index contributed by atoms with van der Waals surface area (Å²) < 4.78 is 28.3. The van der Waals surface area contributed by atoms with E-state index < -0.39 is 6.61 Å². The number of ether oxygens (including phenoxy) is 1. The molecule has 6 heteroatoms. The zero-order valence-corrected chi connectivity index (χ0v) is 11.7. The first-order valence-corrected chi connectivity index (χ1v) is 7.03. The molecule has 0 atom stereocenters. The Labute approximate surface area is 121 Å². The standard InChI is InChI=1S/C14H16ClF2NO2/c15-9-10-5-7-18(8-6-10)13(19)11-1-3-12(4-2-11)20-14(16)17/h1-4,10,14H,5-9H2. The Morgan fingerprint density at radius 1 is 1.30 bits per heavy atom. The van der Waals surface area contributed by atoms with Gasteiger partial charge in [-0.3, -0.25) is 4.79 Å². The summed E-state index contributed by atoms with van der Waals surface area (Å²) in [5, 5.41) is 0. The summed E-state index contributed by atoms with van der Waals surface area (Å²) in [7, 11) is 0. The Morgan fingerprint density at radius 2 is 1.90 bits per heavy atom. The number of amides is 1. The normalized spacial score (nSPS) is 16.5. The van der Waals surface area contributed by atoms with Gasteiger partial charge >= 0.3 is 6.61 Å². The highest BCUT2D eigenvalue weighted by Crippen LogP contribution is 2.21. The maximum atomic E-state index is 12.2. The molecule has 1 aromatic rings. The van der Waals surface area contributed by atoms with Crippen LogP contribution in [-0.4, -0.2) is 36.4 Å². The fourth-order valence-corrected chi connectivity index (χ4v) is 2.56. The first-order chi connectivity index (χ1) is 9.60. The van der Waals surface area contributed by atoms with E-state index in [1.165, 1.54) is 24.3 Å². The van der Waals surface area contributed by atoms with Crippen LogP contribution in [0.2, 0.25) is 0 Å². The van der Waals surface area contributed by atoms with Gasteiger partial charge in [0.25, 0.3) is 5.91 Å². The Kier molecular flexibility index (Phi) is 5.17. The minimum absolute atomic E-state index is 0.0531. The van der Waals surface area contributed by atoms with E-state index in [1.807, 2.05) is 0 Å². The molecule has 1 aliphatic heterocycles. The molecule has 1 fully saturated rings. The molecular weight excluding hydrogens is 288 g/mol. The quantitative estimate of drug-likeness (QED) is 0.798. The van der Waals surface area contributed by atoms with Crippen molar-refractivity contribution < 1.29 is 18.3 Å². The molecule has 0 unspecified atom stereocenters. The third kappa shape index (κ3) is 3.82. The Balaban J connectivity index is 1.95. The molecule has 3 nitrogen and oxygen atoms in total. The third-order valence-corrected chi connectivity index (χ3v) is 3.88. The summed E-state index contributed by atoms with van der Waals surface area (Å²) >= 11 is 5.80. The average molecular weight is 304 g/mol. The Bertz CT molecular complexity index is 445. The molecule has 1 saturated heterocycles. The van der Waals surface area contributed by atoms with Crippen LogP contribution >= 0.6 is 11.6 Å². The lowest BCUT2D eigenvalue weighted by Gasteiger charge is -2.31. The number of hydrogen-bond acceptors (Lipinski definition) is 2. The topological polar surface area (TPSA) is 29.5 Å². The number of hydrogen-bond donors (Lipinski definition) is 0. The van der Waals surface area contributed by atoms with E-state index in [9.17, 15) is 13.6 Å². The van der Waals surface area contributed by atoms with Crippen molar-refractivity contribution in [1.82, 2.24) is 4.90 Å². The average Bonchev–Trinajstić information content (AvgIpc) is 2.47. The van der Waals surface area contributed by atoms with Gasteiger partial charge in [-0.2, -0.15) is 8.78 Å². The fourth-order valence-electron chi connectivity index (χ4n) is 2.25. The monoisotopic (exact) mass is 303 g/mol. The van der Waals surface area contributed by atoms with Gasteiger partial charge in [-0.05, 0) is 43.0 Å². The molecule has 1 amide bonds. The van der Waals surface area contributed by atoms with Crippen molar-refractivity contribution >= 4 is 17.5 Å². The highest BCUT2D eigenvalue weighted by Gasteiger charge is 2.23. The van der Waals surface area contributed by atoms with E-state index in [4.69, 9.17) is 11.6 Å². The predicted molar refractivity (Wildman–Crippen MR) is 72.4 cm³/mol. The molecule has 20 heavy (non-hydrogen) atoms. The fraction of sp³-hybridized carbons (Fsp3) is 0.500. The number of halogens is 3. The maximum absolute atomic E-state index is 12.2. The van der Waals surface area contributed by atoms with Crippen molar-refractivity contribution in [2.45, 2.75) is 19.5 Å². The van der Waals surface area contributed by atoms with Crippen molar-refractivity contribution in [2.24, 2.45) is 5.92 Å². The van der Waals surface area contributed by atoms with E-state index in [0.717, 1.165) is 12.8 Å². The van der Waals surface area contributed by atoms with Crippen LogP contribution in [0.4, 0.5) is 8.78 Å². The molecule has 1 aliphatic rings. The van der Waals surface area contributed by atoms with E-state index in [0.29, 0.717) is 30.5 Å². The molecule has 0 saturated carbocycles. The lowest BCUT2D eigenvalue weighted by Crippen LogP contribution is -2.38. The minimum Gasteiger partial charge on any atom is -0.435 e. The number of likely N-dealkylation sites (tertiary alicyclic amines) is 1. The van der Waals surface area contributed by atoms with Crippen LogP contribution < -0.4 is 4.74 Å². The van der Waals surface area contributed by atoms with Crippen LogP contribution in [0.15, 0.2) is 24.3 Å². The van der Waals surface area contributed by atoms with Gasteiger partial charge in [0.2, 0.25) is 0 Å². The maximum Gasteiger partial charge on any atom is 0.387 e. The van der Waals surface area contributed by atoms with Crippen molar-refractivity contribution in [2.75, 3.05) is 19.0 Å². The second kappa shape index (κ2) is 6.88. The summed E-state index contributed by atoms with van der Waals surface area (Å²) in [4.78, 5) is 14.0. The molecule has 0 N–H and O–H groups in total. The summed E-state index contributed by atoms with van der Waals surface area (Å²) in [6.45, 7) is -1.48. The molecule has 1 aromatic carbocycles. The molecular formula is C14H16ClF2NO2. The van der Waals surface area contributed by atoms with E-state index in [1.54, 1.807) is 4.90 Å². The number of benzene rings is 1. The number of carbonyl (C=O) groups is 1. The number of rotatable bonds is 4. The van der Waals surface area contributed by atoms with Gasteiger partial charge in [0.05, 0.1) is 0 Å². The molecule has 2 rings (SSSR count). The minimum atomic E-state index is -2.86. The molecule has 0 aliphatic carbocycles. The second-order valence-electron chi connectivity index (χ2n) is 4.79. The largest absolute Gasteiger partial charge is 0.435 e. The molecule has 1 heterocycles. The van der Waals surface area contributed by atoms with Crippen molar-refractivity contribution in [3.05, 3.63) is 29.8 Å². The van der Waals surface area contributed by atoms with Crippen LogP contribution in [0.3, 0.4) is 0 Å². The lowest BCUT2D eigenvalue weighted by molar-refractivity contribution is -0.0498. The van der Waals surface area contributed by atoms with Gasteiger partial charge in [-0.1, -0.05) is 0 Å². The highest BCUT2D eigenvalue weighted by atomic mass is 35.5. The Morgan fingerprint density at radius 3 is 2.40 bits per heavy atom. The van der Waals surface area contributed by atoms with E-state index in [-0.39, 0.29) is 11.7 Å². The highest BCUT2D eigenvalue weighted by molar-refractivity contribution is 6.18. The Hall–Kier alpha value is -1.36. The predicted octanol–water partition coefficient (Wildman–Crippen LogP) is 3.38. The molecule has 0 spiro atoms. The zero-order chi connectivity index (χ0) is 14.5. The first kappa shape index (κ1) is 15.0. The third-order valence-electron chi connectivity index (χ3n) is 3.45. The summed E-state index contributed by atoms with van der Waals surface area (Å²) in [5.74, 6) is 1.07. The first-order valence-electron chi connectivity index (χ1n) is 6.50. The van der Waals surface area contributed by atoms with Gasteiger partial charge in [0, 0.05) is 24.5 Å². The molecule has 0 bridgehead atoms. The summed E-state index contributed by atoms with van der Waals surface area (Å²) in [5.41, 5.74) is 0.482. The van der Waals surface area contributed by atoms with Gasteiger partial charge in [0.15, 0.2) is 0 Å². The number of alkyl halides is 3. The van der Waals surface area contributed by atoms with Gasteiger partial charge in [-0.15, -0.1) is 11.6 Å². The molecule has 110 valence electrons. The van der Waals surface area contributed by atoms with Crippen LogP contribution in [0, 0.1) is 5.92 Å².